The second kappa shape index (κ2) is 9.28. The summed E-state index contributed by atoms with van der Waals surface area (Å²) in [7, 11) is 0. The number of alkyl halides is 1. The molecule has 0 radical (unpaired) electrons. The number of nitrogens with one attached hydrogen (secondary N) is 1. The Hall–Kier alpha value is -0.280. The van der Waals surface area contributed by atoms with E-state index >= 15 is 0 Å². The second-order valence-electron chi connectivity index (χ2n) is 3.33. The molecule has 0 aromatic heterocycles. The molecule has 3 nitrogen and oxygen atoms in total. The molecule has 0 spiro atoms. The highest BCUT2D eigenvalue weighted by molar-refractivity contribution is 6.30. The van der Waals surface area contributed by atoms with E-state index in [1.54, 1.807) is 0 Å². The number of aliphatic hydroxyl groups excluding tert-OH is 1. The summed E-state index contributed by atoms with van der Waals surface area (Å²) < 4.78 is 0. The average Bonchev–Trinajstić information content (AvgIpc) is 2.20. The monoisotopic (exact) mass is 221 g/mol. The Labute approximate surface area is 90.8 Å². The molecule has 0 saturated carbocycles. The quantitative estimate of drug-likeness (QED) is 0.484. The first kappa shape index (κ1) is 13.7. The van der Waals surface area contributed by atoms with Gasteiger partial charge in [0, 0.05) is 13.2 Å². The summed E-state index contributed by atoms with van der Waals surface area (Å²) in [4.78, 5) is 11.3. The van der Waals surface area contributed by atoms with Crippen LogP contribution in [-0.4, -0.2) is 29.5 Å². The van der Waals surface area contributed by atoms with Crippen molar-refractivity contribution in [3.8, 4) is 0 Å². The van der Waals surface area contributed by atoms with Gasteiger partial charge >= 0.3 is 0 Å². The summed E-state index contributed by atoms with van der Waals surface area (Å²) in [6.07, 6.45) is 4.31. The molecule has 84 valence electrons. The van der Waals surface area contributed by atoms with Gasteiger partial charge in [-0.15, -0.1) is 11.6 Å². The molecule has 0 rings (SSSR count). The maximum atomic E-state index is 11.3. The number of carbonyl (C=O) groups excluding carboxylic acids is 1. The van der Waals surface area contributed by atoms with Crippen LogP contribution in [0.25, 0.3) is 0 Å². The number of hydrogen-bond donors (Lipinski definition) is 2. The van der Waals surface area contributed by atoms with Gasteiger partial charge in [0.25, 0.3) is 0 Å². The van der Waals surface area contributed by atoms with Crippen molar-refractivity contribution in [1.29, 1.82) is 0 Å². The Morgan fingerprint density at radius 3 is 2.71 bits per heavy atom. The average molecular weight is 222 g/mol. The Morgan fingerprint density at radius 1 is 1.43 bits per heavy atom. The van der Waals surface area contributed by atoms with Crippen LogP contribution in [0.5, 0.6) is 0 Å². The van der Waals surface area contributed by atoms with Crippen LogP contribution in [-0.2, 0) is 4.79 Å². The fourth-order valence-corrected chi connectivity index (χ4v) is 1.31. The van der Waals surface area contributed by atoms with Gasteiger partial charge in [0.1, 0.15) is 5.38 Å². The Kier molecular flexibility index (Phi) is 9.10. The standard InChI is InChI=1S/C10H20ClNO2/c1-2-3-6-9(11)10(14)12-7-4-5-8-13/h9,13H,2-8H2,1H3,(H,12,14). The molecule has 4 heteroatoms. The van der Waals surface area contributed by atoms with E-state index in [-0.39, 0.29) is 12.5 Å². The summed E-state index contributed by atoms with van der Waals surface area (Å²) >= 11 is 5.86. The van der Waals surface area contributed by atoms with Crippen molar-refractivity contribution in [1.82, 2.24) is 5.32 Å². The topological polar surface area (TPSA) is 49.3 Å². The smallest absolute Gasteiger partial charge is 0.238 e. The van der Waals surface area contributed by atoms with E-state index in [0.29, 0.717) is 6.54 Å². The zero-order valence-corrected chi connectivity index (χ0v) is 9.52. The van der Waals surface area contributed by atoms with Gasteiger partial charge in [-0.3, -0.25) is 4.79 Å². The number of carbonyl (C=O) groups is 1. The molecule has 1 unspecified atom stereocenters. The van der Waals surface area contributed by atoms with Crippen LogP contribution in [0.15, 0.2) is 0 Å². The SMILES string of the molecule is CCCCC(Cl)C(=O)NCCCCO. The first-order valence-corrected chi connectivity index (χ1v) is 5.68. The first-order valence-electron chi connectivity index (χ1n) is 5.25. The maximum absolute atomic E-state index is 11.3. The minimum atomic E-state index is -0.399. The zero-order chi connectivity index (χ0) is 10.8. The molecular weight excluding hydrogens is 202 g/mol. The fourth-order valence-electron chi connectivity index (χ4n) is 1.07. The lowest BCUT2D eigenvalue weighted by Crippen LogP contribution is -2.32. The molecule has 0 saturated heterocycles. The summed E-state index contributed by atoms with van der Waals surface area (Å²) in [5.41, 5.74) is 0. The predicted molar refractivity (Wildman–Crippen MR) is 58.5 cm³/mol. The van der Waals surface area contributed by atoms with E-state index in [1.165, 1.54) is 0 Å². The minimum Gasteiger partial charge on any atom is -0.396 e. The third-order valence-corrected chi connectivity index (χ3v) is 2.40. The van der Waals surface area contributed by atoms with Crippen molar-refractivity contribution in [3.63, 3.8) is 0 Å². The lowest BCUT2D eigenvalue weighted by Gasteiger charge is -2.09. The Balaban J connectivity index is 3.42. The van der Waals surface area contributed by atoms with Gasteiger partial charge in [-0.2, -0.15) is 0 Å². The van der Waals surface area contributed by atoms with E-state index in [1.807, 2.05) is 0 Å². The minimum absolute atomic E-state index is 0.0851. The number of amides is 1. The van der Waals surface area contributed by atoms with Gasteiger partial charge in [-0.05, 0) is 19.3 Å². The number of halogens is 1. The van der Waals surface area contributed by atoms with Crippen LogP contribution in [0, 0.1) is 0 Å². The summed E-state index contributed by atoms with van der Waals surface area (Å²) in [6, 6.07) is 0. The van der Waals surface area contributed by atoms with Crippen LogP contribution in [0.1, 0.15) is 39.0 Å². The van der Waals surface area contributed by atoms with Crippen molar-refractivity contribution in [3.05, 3.63) is 0 Å². The van der Waals surface area contributed by atoms with Gasteiger partial charge in [0.15, 0.2) is 0 Å². The molecule has 0 aliphatic carbocycles. The summed E-state index contributed by atoms with van der Waals surface area (Å²) in [6.45, 7) is 2.85. The molecule has 0 heterocycles. The number of aliphatic hydroxyl groups is 1. The van der Waals surface area contributed by atoms with E-state index in [9.17, 15) is 4.79 Å². The molecular formula is C10H20ClNO2. The highest BCUT2D eigenvalue weighted by Crippen LogP contribution is 2.07. The van der Waals surface area contributed by atoms with Gasteiger partial charge in [-0.1, -0.05) is 19.8 Å². The van der Waals surface area contributed by atoms with Crippen LogP contribution in [0.4, 0.5) is 0 Å². The normalized spacial score (nSPS) is 12.5. The van der Waals surface area contributed by atoms with Crippen molar-refractivity contribution in [2.45, 2.75) is 44.4 Å². The van der Waals surface area contributed by atoms with Crippen LogP contribution >= 0.6 is 11.6 Å². The third kappa shape index (κ3) is 7.15. The van der Waals surface area contributed by atoms with Gasteiger partial charge in [0.05, 0.1) is 0 Å². The van der Waals surface area contributed by atoms with Crippen LogP contribution in [0.3, 0.4) is 0 Å². The van der Waals surface area contributed by atoms with E-state index in [4.69, 9.17) is 16.7 Å². The summed E-state index contributed by atoms with van der Waals surface area (Å²) in [5, 5.41) is 10.9. The molecule has 1 atom stereocenters. The molecule has 0 aliphatic rings. The molecule has 14 heavy (non-hydrogen) atoms. The zero-order valence-electron chi connectivity index (χ0n) is 8.76. The Morgan fingerprint density at radius 2 is 2.14 bits per heavy atom. The molecule has 0 aromatic rings. The second-order valence-corrected chi connectivity index (χ2v) is 3.86. The number of rotatable bonds is 8. The van der Waals surface area contributed by atoms with Crippen LogP contribution in [0.2, 0.25) is 0 Å². The van der Waals surface area contributed by atoms with Crippen molar-refractivity contribution < 1.29 is 9.90 Å². The molecule has 0 aromatic carbocycles. The van der Waals surface area contributed by atoms with E-state index in [0.717, 1.165) is 32.1 Å². The van der Waals surface area contributed by atoms with E-state index < -0.39 is 5.38 Å². The highest BCUT2D eigenvalue weighted by Gasteiger charge is 2.13. The molecule has 1 amide bonds. The van der Waals surface area contributed by atoms with Gasteiger partial charge in [-0.25, -0.2) is 0 Å². The first-order chi connectivity index (χ1) is 6.72. The molecule has 2 N–H and O–H groups in total. The molecule has 0 aliphatic heterocycles. The largest absolute Gasteiger partial charge is 0.396 e. The molecule has 0 fully saturated rings. The third-order valence-electron chi connectivity index (χ3n) is 1.98. The van der Waals surface area contributed by atoms with Crippen molar-refractivity contribution in [2.24, 2.45) is 0 Å². The number of hydrogen-bond acceptors (Lipinski definition) is 2. The lowest BCUT2D eigenvalue weighted by atomic mass is 10.2. The Bertz CT molecular complexity index is 153. The fraction of sp³-hybridized carbons (Fsp3) is 0.900. The van der Waals surface area contributed by atoms with E-state index in [2.05, 4.69) is 12.2 Å². The highest BCUT2D eigenvalue weighted by atomic mass is 35.5. The van der Waals surface area contributed by atoms with Gasteiger partial charge < -0.3 is 10.4 Å². The number of unbranched alkanes of at least 4 members (excludes halogenated alkanes) is 2. The van der Waals surface area contributed by atoms with Crippen molar-refractivity contribution in [2.75, 3.05) is 13.2 Å². The van der Waals surface area contributed by atoms with Gasteiger partial charge in [0.2, 0.25) is 5.91 Å². The summed E-state index contributed by atoms with van der Waals surface area (Å²) in [5.74, 6) is -0.0851. The van der Waals surface area contributed by atoms with Crippen molar-refractivity contribution >= 4 is 17.5 Å². The predicted octanol–water partition coefficient (Wildman–Crippen LogP) is 1.67. The van der Waals surface area contributed by atoms with Crippen LogP contribution < -0.4 is 5.32 Å². The maximum Gasteiger partial charge on any atom is 0.238 e. The molecule has 0 bridgehead atoms. The lowest BCUT2D eigenvalue weighted by molar-refractivity contribution is -0.120.